The first-order valence-electron chi connectivity index (χ1n) is 6.33. The van der Waals surface area contributed by atoms with Gasteiger partial charge in [0, 0.05) is 19.0 Å². The van der Waals surface area contributed by atoms with E-state index in [0.29, 0.717) is 13.0 Å². The Kier molecular flexibility index (Phi) is 6.85. The lowest BCUT2D eigenvalue weighted by Gasteiger charge is -2.23. The largest absolute Gasteiger partial charge is 0.469 e. The summed E-state index contributed by atoms with van der Waals surface area (Å²) in [4.78, 5) is 11.2. The highest BCUT2D eigenvalue weighted by molar-refractivity contribution is 5.69. The molecule has 0 aliphatic rings. The van der Waals surface area contributed by atoms with E-state index < -0.39 is 6.10 Å². The zero-order valence-corrected chi connectivity index (χ0v) is 11.2. The van der Waals surface area contributed by atoms with Crippen molar-refractivity contribution < 1.29 is 14.6 Å². The van der Waals surface area contributed by atoms with Crippen LogP contribution in [0.25, 0.3) is 0 Å². The minimum Gasteiger partial charge on any atom is -0.469 e. The fourth-order valence-electron chi connectivity index (χ4n) is 1.86. The predicted molar refractivity (Wildman–Crippen MR) is 74.6 cm³/mol. The molecule has 2 unspecified atom stereocenters. The van der Waals surface area contributed by atoms with E-state index in [9.17, 15) is 9.90 Å². The van der Waals surface area contributed by atoms with Crippen LogP contribution in [0, 0.1) is 0 Å². The highest BCUT2D eigenvalue weighted by atomic mass is 16.5. The molecular formula is C15H21NO3. The first-order valence-corrected chi connectivity index (χ1v) is 6.33. The molecule has 0 aliphatic heterocycles. The molecule has 104 valence electrons. The van der Waals surface area contributed by atoms with Crippen LogP contribution in [0.15, 0.2) is 43.0 Å². The molecule has 2 atom stereocenters. The lowest BCUT2D eigenvalue weighted by atomic mass is 9.98. The minimum absolute atomic E-state index is 0.209. The maximum atomic E-state index is 11.2. The van der Waals surface area contributed by atoms with Crippen molar-refractivity contribution >= 4 is 5.97 Å². The van der Waals surface area contributed by atoms with Crippen molar-refractivity contribution in [1.82, 2.24) is 5.32 Å². The number of esters is 1. The van der Waals surface area contributed by atoms with E-state index in [1.54, 1.807) is 6.08 Å². The van der Waals surface area contributed by atoms with E-state index >= 15 is 0 Å². The molecule has 2 N–H and O–H groups in total. The van der Waals surface area contributed by atoms with Gasteiger partial charge in [-0.05, 0) is 12.0 Å². The van der Waals surface area contributed by atoms with Crippen LogP contribution in [0.5, 0.6) is 0 Å². The van der Waals surface area contributed by atoms with E-state index in [2.05, 4.69) is 16.6 Å². The van der Waals surface area contributed by atoms with E-state index in [1.807, 2.05) is 30.3 Å². The summed E-state index contributed by atoms with van der Waals surface area (Å²) >= 11 is 0. The molecule has 0 aromatic heterocycles. The normalized spacial score (nSPS) is 13.6. The van der Waals surface area contributed by atoms with Crippen LogP contribution >= 0.6 is 0 Å². The number of ether oxygens (including phenoxy) is 1. The van der Waals surface area contributed by atoms with Gasteiger partial charge in [0.25, 0.3) is 0 Å². The molecule has 0 saturated heterocycles. The second-order valence-corrected chi connectivity index (χ2v) is 4.27. The van der Waals surface area contributed by atoms with Gasteiger partial charge in [0.15, 0.2) is 0 Å². The molecule has 19 heavy (non-hydrogen) atoms. The number of methoxy groups -OCH3 is 1. The molecule has 0 aliphatic carbocycles. The molecule has 0 amide bonds. The first kappa shape index (κ1) is 15.4. The number of carbonyl (C=O) groups is 1. The zero-order chi connectivity index (χ0) is 14.1. The van der Waals surface area contributed by atoms with Crippen LogP contribution in [0.4, 0.5) is 0 Å². The van der Waals surface area contributed by atoms with Crippen molar-refractivity contribution in [2.75, 3.05) is 13.7 Å². The van der Waals surface area contributed by atoms with Gasteiger partial charge < -0.3 is 15.2 Å². The van der Waals surface area contributed by atoms with Crippen molar-refractivity contribution in [3.05, 3.63) is 48.6 Å². The van der Waals surface area contributed by atoms with Crippen LogP contribution in [-0.4, -0.2) is 30.8 Å². The maximum absolute atomic E-state index is 11.2. The van der Waals surface area contributed by atoms with Gasteiger partial charge in [-0.1, -0.05) is 36.4 Å². The molecule has 1 rings (SSSR count). The quantitative estimate of drug-likeness (QED) is 0.555. The van der Waals surface area contributed by atoms with Gasteiger partial charge in [-0.15, -0.1) is 6.58 Å². The fourth-order valence-corrected chi connectivity index (χ4v) is 1.86. The summed E-state index contributed by atoms with van der Waals surface area (Å²) in [5.74, 6) is -0.273. The molecule has 0 radical (unpaired) electrons. The number of rotatable bonds is 8. The Morgan fingerprint density at radius 1 is 1.47 bits per heavy atom. The molecular weight excluding hydrogens is 242 g/mol. The Morgan fingerprint density at radius 2 is 2.16 bits per heavy atom. The number of nitrogens with one attached hydrogen (secondary N) is 1. The molecule has 1 aromatic carbocycles. The first-order chi connectivity index (χ1) is 9.19. The minimum atomic E-state index is -0.661. The van der Waals surface area contributed by atoms with Crippen LogP contribution in [0.2, 0.25) is 0 Å². The molecule has 4 nitrogen and oxygen atoms in total. The summed E-state index contributed by atoms with van der Waals surface area (Å²) in [5.41, 5.74) is 0.828. The highest BCUT2D eigenvalue weighted by Gasteiger charge is 2.20. The highest BCUT2D eigenvalue weighted by Crippen LogP contribution is 2.19. The average Bonchev–Trinajstić information content (AvgIpc) is 2.47. The van der Waals surface area contributed by atoms with E-state index in [4.69, 9.17) is 0 Å². The Labute approximate surface area is 114 Å². The van der Waals surface area contributed by atoms with Gasteiger partial charge in [0.2, 0.25) is 0 Å². The van der Waals surface area contributed by atoms with Gasteiger partial charge >= 0.3 is 5.97 Å². The molecule has 4 heteroatoms. The van der Waals surface area contributed by atoms with Crippen molar-refractivity contribution in [1.29, 1.82) is 0 Å². The average molecular weight is 263 g/mol. The van der Waals surface area contributed by atoms with Gasteiger partial charge in [-0.3, -0.25) is 4.79 Å². The number of carbonyl (C=O) groups excluding carboxylic acids is 1. The van der Waals surface area contributed by atoms with Crippen molar-refractivity contribution in [2.24, 2.45) is 0 Å². The Bertz CT molecular complexity index is 392. The van der Waals surface area contributed by atoms with Crippen LogP contribution in [-0.2, 0) is 9.53 Å². The summed E-state index contributed by atoms with van der Waals surface area (Å²) in [7, 11) is 1.36. The van der Waals surface area contributed by atoms with Crippen LogP contribution < -0.4 is 5.32 Å². The van der Waals surface area contributed by atoms with E-state index in [-0.39, 0.29) is 18.4 Å². The van der Waals surface area contributed by atoms with Gasteiger partial charge in [0.05, 0.1) is 13.2 Å². The van der Waals surface area contributed by atoms with Crippen molar-refractivity contribution in [2.45, 2.75) is 25.0 Å². The third-order valence-electron chi connectivity index (χ3n) is 2.93. The number of aliphatic hydroxyl groups is 1. The van der Waals surface area contributed by atoms with Crippen molar-refractivity contribution in [3.63, 3.8) is 0 Å². The summed E-state index contributed by atoms with van der Waals surface area (Å²) in [6.07, 6.45) is 1.85. The topological polar surface area (TPSA) is 58.6 Å². The number of benzene rings is 1. The van der Waals surface area contributed by atoms with Gasteiger partial charge in [-0.2, -0.15) is 0 Å². The third-order valence-corrected chi connectivity index (χ3v) is 2.93. The second kappa shape index (κ2) is 8.45. The Morgan fingerprint density at radius 3 is 2.74 bits per heavy atom. The molecule has 0 saturated carbocycles. The zero-order valence-electron chi connectivity index (χ0n) is 11.2. The number of hydrogen-bond acceptors (Lipinski definition) is 4. The Hall–Kier alpha value is -1.65. The lowest BCUT2D eigenvalue weighted by Crippen LogP contribution is -2.35. The molecule has 0 bridgehead atoms. The SMILES string of the molecule is C=CCNC(CCC(=O)OC)C(O)c1ccccc1. The maximum Gasteiger partial charge on any atom is 0.305 e. The van der Waals surface area contributed by atoms with Crippen molar-refractivity contribution in [3.8, 4) is 0 Å². The number of hydrogen-bond donors (Lipinski definition) is 2. The summed E-state index contributed by atoms with van der Waals surface area (Å²) in [6.45, 7) is 4.22. The van der Waals surface area contributed by atoms with E-state index in [1.165, 1.54) is 7.11 Å². The van der Waals surface area contributed by atoms with Gasteiger partial charge in [0.1, 0.15) is 0 Å². The fraction of sp³-hybridized carbons (Fsp3) is 0.400. The lowest BCUT2D eigenvalue weighted by molar-refractivity contribution is -0.141. The van der Waals surface area contributed by atoms with Crippen LogP contribution in [0.1, 0.15) is 24.5 Å². The third kappa shape index (κ3) is 5.24. The molecule has 0 spiro atoms. The summed E-state index contributed by atoms with van der Waals surface area (Å²) in [6, 6.07) is 9.18. The predicted octanol–water partition coefficient (Wildman–Crippen LogP) is 1.82. The summed E-state index contributed by atoms with van der Waals surface area (Å²) in [5, 5.41) is 13.5. The molecule has 1 aromatic rings. The number of aliphatic hydroxyl groups excluding tert-OH is 1. The van der Waals surface area contributed by atoms with E-state index in [0.717, 1.165) is 5.56 Å². The molecule has 0 fully saturated rings. The smallest absolute Gasteiger partial charge is 0.305 e. The standard InChI is InChI=1S/C15H21NO3/c1-3-11-16-13(9-10-14(17)19-2)15(18)12-7-5-4-6-8-12/h3-8,13,15-16,18H,1,9-11H2,2H3. The van der Waals surface area contributed by atoms with Gasteiger partial charge in [-0.25, -0.2) is 0 Å². The monoisotopic (exact) mass is 263 g/mol. The summed E-state index contributed by atoms with van der Waals surface area (Å²) < 4.78 is 4.62. The Balaban J connectivity index is 2.66. The molecule has 0 heterocycles. The second-order valence-electron chi connectivity index (χ2n) is 4.27. The van der Waals surface area contributed by atoms with Crippen LogP contribution in [0.3, 0.4) is 0 Å².